The smallest absolute Gasteiger partial charge is 0.123 e. The van der Waals surface area contributed by atoms with Gasteiger partial charge in [0.05, 0.1) is 17.3 Å². The van der Waals surface area contributed by atoms with E-state index in [0.29, 0.717) is 6.04 Å². The van der Waals surface area contributed by atoms with Crippen LogP contribution in [-0.2, 0) is 6.42 Å². The van der Waals surface area contributed by atoms with Crippen molar-refractivity contribution >= 4 is 22.2 Å². The van der Waals surface area contributed by atoms with Crippen molar-refractivity contribution in [1.29, 1.82) is 0 Å². The summed E-state index contributed by atoms with van der Waals surface area (Å²) in [6.45, 7) is 0. The van der Waals surface area contributed by atoms with Crippen molar-refractivity contribution in [2.24, 2.45) is 0 Å². The van der Waals surface area contributed by atoms with Crippen LogP contribution < -0.4 is 5.32 Å². The molecule has 2 heterocycles. The second-order valence-electron chi connectivity index (χ2n) is 5.47. The molecule has 0 amide bonds. The molecular weight excluding hydrogens is 278 g/mol. The summed E-state index contributed by atoms with van der Waals surface area (Å²) in [5, 5.41) is 5.70. The van der Waals surface area contributed by atoms with Gasteiger partial charge in [-0.05, 0) is 50.6 Å². The molecule has 0 saturated heterocycles. The number of aromatic nitrogens is 2. The molecule has 1 aliphatic rings. The van der Waals surface area contributed by atoms with E-state index in [2.05, 4.69) is 34.6 Å². The van der Waals surface area contributed by atoms with Crippen LogP contribution in [0.3, 0.4) is 0 Å². The molecule has 2 aromatic heterocycles. The Bertz CT molecular complexity index is 794. The second-order valence-corrected chi connectivity index (χ2v) is 6.56. The number of hydrogen-bond donors (Lipinski definition) is 1. The third-order valence-electron chi connectivity index (χ3n) is 4.15. The highest BCUT2D eigenvalue weighted by atomic mass is 32.1. The van der Waals surface area contributed by atoms with Gasteiger partial charge >= 0.3 is 0 Å². The first kappa shape index (κ1) is 12.9. The van der Waals surface area contributed by atoms with Crippen LogP contribution >= 0.6 is 11.3 Å². The summed E-state index contributed by atoms with van der Waals surface area (Å²) < 4.78 is 0. The minimum Gasteiger partial charge on any atom is -0.312 e. The van der Waals surface area contributed by atoms with E-state index in [-0.39, 0.29) is 0 Å². The molecule has 1 N–H and O–H groups in total. The maximum atomic E-state index is 4.92. The molecule has 0 saturated carbocycles. The predicted octanol–water partition coefficient (Wildman–Crippen LogP) is 3.96. The molecule has 3 nitrogen and oxygen atoms in total. The highest BCUT2D eigenvalue weighted by molar-refractivity contribution is 7.15. The van der Waals surface area contributed by atoms with Crippen molar-refractivity contribution in [1.82, 2.24) is 15.3 Å². The van der Waals surface area contributed by atoms with Gasteiger partial charge in [0.15, 0.2) is 0 Å². The van der Waals surface area contributed by atoms with E-state index in [0.717, 1.165) is 10.5 Å². The number of aryl methyl sites for hydroxylation is 1. The second kappa shape index (κ2) is 5.20. The van der Waals surface area contributed by atoms with Crippen LogP contribution in [-0.4, -0.2) is 17.0 Å². The van der Waals surface area contributed by atoms with Crippen LogP contribution in [0, 0.1) is 0 Å². The monoisotopic (exact) mass is 295 g/mol. The molecule has 1 aliphatic carbocycles. The van der Waals surface area contributed by atoms with E-state index < -0.39 is 0 Å². The number of pyridine rings is 1. The number of nitrogens with one attached hydrogen (secondary N) is 1. The number of rotatable bonds is 2. The van der Waals surface area contributed by atoms with E-state index in [4.69, 9.17) is 4.98 Å². The molecule has 4 rings (SSSR count). The van der Waals surface area contributed by atoms with Crippen molar-refractivity contribution in [2.45, 2.75) is 25.3 Å². The summed E-state index contributed by atoms with van der Waals surface area (Å²) in [5.41, 5.74) is 3.50. The van der Waals surface area contributed by atoms with Gasteiger partial charge in [-0.1, -0.05) is 6.07 Å². The molecule has 4 heteroatoms. The zero-order valence-corrected chi connectivity index (χ0v) is 12.8. The lowest BCUT2D eigenvalue weighted by Crippen LogP contribution is -2.21. The molecular formula is C17H17N3S. The minimum absolute atomic E-state index is 0.417. The highest BCUT2D eigenvalue weighted by Crippen LogP contribution is 2.37. The standard InChI is InChI=1S/C17H17N3S/c1-18-14-5-2-6-15-16(14)20-17(21-15)12-7-8-13-11(10-12)4-3-9-19-13/h3-4,7-10,14,18H,2,5-6H2,1H3. The summed E-state index contributed by atoms with van der Waals surface area (Å²) in [6.07, 6.45) is 5.44. The maximum Gasteiger partial charge on any atom is 0.123 e. The Kier molecular flexibility index (Phi) is 3.20. The summed E-state index contributed by atoms with van der Waals surface area (Å²) in [7, 11) is 2.03. The van der Waals surface area contributed by atoms with Crippen molar-refractivity contribution in [3.8, 4) is 10.6 Å². The Morgan fingerprint density at radius 2 is 2.24 bits per heavy atom. The highest BCUT2D eigenvalue weighted by Gasteiger charge is 2.23. The van der Waals surface area contributed by atoms with E-state index >= 15 is 0 Å². The molecule has 3 aromatic rings. The molecule has 21 heavy (non-hydrogen) atoms. The predicted molar refractivity (Wildman–Crippen MR) is 87.6 cm³/mol. The Morgan fingerprint density at radius 3 is 3.14 bits per heavy atom. The summed E-state index contributed by atoms with van der Waals surface area (Å²) in [4.78, 5) is 10.7. The molecule has 1 unspecified atom stereocenters. The third kappa shape index (κ3) is 2.24. The largest absolute Gasteiger partial charge is 0.312 e. The van der Waals surface area contributed by atoms with Gasteiger partial charge in [-0.2, -0.15) is 0 Å². The minimum atomic E-state index is 0.417. The van der Waals surface area contributed by atoms with Crippen molar-refractivity contribution in [3.05, 3.63) is 47.1 Å². The van der Waals surface area contributed by atoms with Crippen LogP contribution in [0.25, 0.3) is 21.5 Å². The maximum absolute atomic E-state index is 4.92. The lowest BCUT2D eigenvalue weighted by atomic mass is 9.98. The number of benzene rings is 1. The fourth-order valence-corrected chi connectivity index (χ4v) is 4.19. The van der Waals surface area contributed by atoms with E-state index in [9.17, 15) is 0 Å². The lowest BCUT2D eigenvalue weighted by molar-refractivity contribution is 0.490. The number of nitrogens with zero attached hydrogens (tertiary/aromatic N) is 2. The summed E-state index contributed by atoms with van der Waals surface area (Å²) in [6, 6.07) is 10.9. The Morgan fingerprint density at radius 1 is 1.29 bits per heavy atom. The van der Waals surface area contributed by atoms with Crippen LogP contribution in [0.15, 0.2) is 36.5 Å². The number of fused-ring (bicyclic) bond motifs is 2. The average molecular weight is 295 g/mol. The SMILES string of the molecule is CNC1CCCc2sc(-c3ccc4ncccc4c3)nc21. The average Bonchev–Trinajstić information content (AvgIpc) is 2.98. The summed E-state index contributed by atoms with van der Waals surface area (Å²) in [5.74, 6) is 0. The van der Waals surface area contributed by atoms with Crippen LogP contribution in [0.5, 0.6) is 0 Å². The quantitative estimate of drug-likeness (QED) is 0.777. The van der Waals surface area contributed by atoms with E-state index in [1.807, 2.05) is 30.6 Å². The van der Waals surface area contributed by atoms with Crippen molar-refractivity contribution in [2.75, 3.05) is 7.05 Å². The van der Waals surface area contributed by atoms with Crippen LogP contribution in [0.4, 0.5) is 0 Å². The Balaban J connectivity index is 1.80. The number of hydrogen-bond acceptors (Lipinski definition) is 4. The Labute approximate surface area is 128 Å². The van der Waals surface area contributed by atoms with E-state index in [1.54, 1.807) is 0 Å². The van der Waals surface area contributed by atoms with Crippen molar-refractivity contribution in [3.63, 3.8) is 0 Å². The van der Waals surface area contributed by atoms with Crippen molar-refractivity contribution < 1.29 is 0 Å². The summed E-state index contributed by atoms with van der Waals surface area (Å²) >= 11 is 1.84. The fraction of sp³-hybridized carbons (Fsp3) is 0.294. The number of thiazole rings is 1. The first-order chi connectivity index (χ1) is 10.3. The van der Waals surface area contributed by atoms with Crippen LogP contribution in [0.2, 0.25) is 0 Å². The first-order valence-electron chi connectivity index (χ1n) is 7.37. The topological polar surface area (TPSA) is 37.8 Å². The molecule has 0 fully saturated rings. The zero-order chi connectivity index (χ0) is 14.2. The molecule has 0 aliphatic heterocycles. The van der Waals surface area contributed by atoms with E-state index in [1.165, 1.54) is 40.8 Å². The zero-order valence-electron chi connectivity index (χ0n) is 12.0. The Hall–Kier alpha value is -1.78. The van der Waals surface area contributed by atoms with Gasteiger partial charge in [0, 0.05) is 22.0 Å². The van der Waals surface area contributed by atoms with Gasteiger partial charge in [0.1, 0.15) is 5.01 Å². The molecule has 0 radical (unpaired) electrons. The third-order valence-corrected chi connectivity index (χ3v) is 5.33. The van der Waals surface area contributed by atoms with Gasteiger partial charge in [0.25, 0.3) is 0 Å². The molecule has 106 valence electrons. The van der Waals surface area contributed by atoms with Gasteiger partial charge in [-0.25, -0.2) is 4.98 Å². The molecule has 0 spiro atoms. The normalized spacial score (nSPS) is 17.9. The van der Waals surface area contributed by atoms with Gasteiger partial charge < -0.3 is 5.32 Å². The van der Waals surface area contributed by atoms with Gasteiger partial charge in [-0.3, -0.25) is 4.98 Å². The molecule has 1 atom stereocenters. The molecule has 0 bridgehead atoms. The van der Waals surface area contributed by atoms with Gasteiger partial charge in [-0.15, -0.1) is 11.3 Å². The molecule has 1 aromatic carbocycles. The lowest BCUT2D eigenvalue weighted by Gasteiger charge is -2.19. The fourth-order valence-electron chi connectivity index (χ4n) is 3.03. The van der Waals surface area contributed by atoms with Crippen LogP contribution in [0.1, 0.15) is 29.5 Å². The van der Waals surface area contributed by atoms with Gasteiger partial charge in [0.2, 0.25) is 0 Å². The first-order valence-corrected chi connectivity index (χ1v) is 8.19.